The number of nitroso groups, excluding NO2 is 2. The summed E-state index contributed by atoms with van der Waals surface area (Å²) in [7, 11) is -5.36. The Kier molecular flexibility index (Phi) is 7.23. The van der Waals surface area contributed by atoms with Crippen molar-refractivity contribution in [2.75, 3.05) is 13.2 Å². The van der Waals surface area contributed by atoms with E-state index in [1.807, 2.05) is 0 Å². The maximum atomic E-state index is 12.3. The molecule has 0 spiro atoms. The van der Waals surface area contributed by atoms with Gasteiger partial charge in [-0.25, -0.2) is 13.1 Å². The summed E-state index contributed by atoms with van der Waals surface area (Å²) in [6.45, 7) is 1.24. The van der Waals surface area contributed by atoms with Gasteiger partial charge in [0.2, 0.25) is 0 Å². The maximum absolute atomic E-state index is 12.3. The summed E-state index contributed by atoms with van der Waals surface area (Å²) in [6, 6.07) is -0.812. The first-order chi connectivity index (χ1) is 11.1. The van der Waals surface area contributed by atoms with Crippen LogP contribution in [0.1, 0.15) is 39.0 Å². The van der Waals surface area contributed by atoms with E-state index in [0.29, 0.717) is 12.8 Å². The molecule has 0 aromatic carbocycles. The molecule has 1 aliphatic carbocycles. The van der Waals surface area contributed by atoms with E-state index < -0.39 is 27.1 Å². The van der Waals surface area contributed by atoms with Crippen LogP contribution in [0.15, 0.2) is 10.4 Å². The number of hydrogen-bond donors (Lipinski definition) is 1. The number of ether oxygens (including phenoxy) is 1. The van der Waals surface area contributed by atoms with Crippen LogP contribution in [0.4, 0.5) is 13.2 Å². The van der Waals surface area contributed by atoms with E-state index in [0.717, 1.165) is 0 Å². The molecule has 0 amide bonds. The molecule has 1 saturated carbocycles. The molecule has 1 unspecified atom stereocenters. The second-order valence-electron chi connectivity index (χ2n) is 5.81. The number of nitrogens with one attached hydrogen (secondary N) is 1. The number of alkyl halides is 3. The van der Waals surface area contributed by atoms with Gasteiger partial charge in [-0.1, -0.05) is 17.3 Å². The third kappa shape index (κ3) is 5.45. The van der Waals surface area contributed by atoms with Gasteiger partial charge in [-0.15, -0.1) is 0 Å². The molecule has 24 heavy (non-hydrogen) atoms. The van der Waals surface area contributed by atoms with E-state index in [4.69, 9.17) is 4.74 Å². The van der Waals surface area contributed by atoms with Crippen molar-refractivity contribution in [3.05, 3.63) is 9.81 Å². The molecule has 0 aromatic heterocycles. The lowest BCUT2D eigenvalue weighted by molar-refractivity contribution is -0.0456. The monoisotopic (exact) mass is 375 g/mol. The minimum absolute atomic E-state index is 0.109. The van der Waals surface area contributed by atoms with Gasteiger partial charge in [0.05, 0.1) is 12.7 Å². The lowest BCUT2D eigenvalue weighted by Crippen LogP contribution is -2.45. The number of hydrogen-bond acceptors (Lipinski definition) is 7. The fourth-order valence-corrected chi connectivity index (χ4v) is 3.21. The Morgan fingerprint density at radius 3 is 2.17 bits per heavy atom. The van der Waals surface area contributed by atoms with E-state index in [2.05, 4.69) is 10.4 Å². The van der Waals surface area contributed by atoms with Gasteiger partial charge in [-0.2, -0.15) is 23.0 Å². The second kappa shape index (κ2) is 8.30. The molecule has 1 fully saturated rings. The van der Waals surface area contributed by atoms with E-state index in [1.165, 1.54) is 0 Å². The fraction of sp³-hybridized carbons (Fsp3) is 1.00. The summed E-state index contributed by atoms with van der Waals surface area (Å²) in [6.07, 6.45) is 0.953. The lowest BCUT2D eigenvalue weighted by atomic mass is 9.93. The highest BCUT2D eigenvalue weighted by Gasteiger charge is 2.47. The average molecular weight is 375 g/mol. The minimum atomic E-state index is -5.36. The molecule has 0 aromatic rings. The average Bonchev–Trinajstić information content (AvgIpc) is 2.51. The third-order valence-electron chi connectivity index (χ3n) is 4.10. The van der Waals surface area contributed by atoms with Crippen LogP contribution in [0.3, 0.4) is 0 Å². The molecule has 1 atom stereocenters. The molecule has 0 saturated heterocycles. The molecule has 0 aliphatic heterocycles. The van der Waals surface area contributed by atoms with Gasteiger partial charge in [0.25, 0.3) is 0 Å². The highest BCUT2D eigenvalue weighted by atomic mass is 32.2. The first-order valence-corrected chi connectivity index (χ1v) is 8.91. The van der Waals surface area contributed by atoms with Crippen LogP contribution in [-0.4, -0.2) is 44.8 Å². The quantitative estimate of drug-likeness (QED) is 0.622. The molecular weight excluding hydrogens is 355 g/mol. The zero-order chi connectivity index (χ0) is 18.4. The van der Waals surface area contributed by atoms with Gasteiger partial charge < -0.3 is 4.74 Å². The van der Waals surface area contributed by atoms with Crippen LogP contribution in [0.2, 0.25) is 0 Å². The highest BCUT2D eigenvalue weighted by molar-refractivity contribution is 7.90. The normalized spacial score (nSPS) is 25.0. The predicted molar refractivity (Wildman–Crippen MR) is 79.6 cm³/mol. The van der Waals surface area contributed by atoms with E-state index in [9.17, 15) is 31.4 Å². The fourth-order valence-electron chi connectivity index (χ4n) is 2.41. The van der Waals surface area contributed by atoms with Gasteiger partial charge in [0.15, 0.2) is 0 Å². The van der Waals surface area contributed by atoms with Crippen molar-refractivity contribution in [3.63, 3.8) is 0 Å². The summed E-state index contributed by atoms with van der Waals surface area (Å²) < 4.78 is 66.2. The van der Waals surface area contributed by atoms with E-state index in [-0.39, 0.29) is 38.5 Å². The first kappa shape index (κ1) is 20.9. The second-order valence-corrected chi connectivity index (χ2v) is 7.51. The lowest BCUT2D eigenvalue weighted by Gasteiger charge is -2.31. The van der Waals surface area contributed by atoms with Crippen molar-refractivity contribution in [2.24, 2.45) is 10.4 Å². The molecule has 0 radical (unpaired) electrons. The van der Waals surface area contributed by atoms with Crippen molar-refractivity contribution in [1.82, 2.24) is 4.72 Å². The topological polar surface area (TPSA) is 114 Å². The molecule has 1 rings (SSSR count). The highest BCUT2D eigenvalue weighted by Crippen LogP contribution is 2.27. The molecule has 12 heteroatoms. The summed E-state index contributed by atoms with van der Waals surface area (Å²) in [4.78, 5) is 21.3. The number of rotatable bonds is 9. The molecule has 140 valence electrons. The van der Waals surface area contributed by atoms with Gasteiger partial charge in [0.1, 0.15) is 12.1 Å². The Balaban J connectivity index is 2.49. The summed E-state index contributed by atoms with van der Waals surface area (Å²) in [5.74, 6) is 0. The molecule has 1 N–H and O–H groups in total. The molecule has 0 heterocycles. The Morgan fingerprint density at radius 1 is 1.17 bits per heavy atom. The van der Waals surface area contributed by atoms with Gasteiger partial charge in [-0.3, -0.25) is 0 Å². The van der Waals surface area contributed by atoms with Crippen LogP contribution < -0.4 is 4.72 Å². The SMILES string of the molecule is CCC(CN=O)(COC1CCC(NS(=O)(=O)C(F)(F)F)CC1)N=O. The summed E-state index contributed by atoms with van der Waals surface area (Å²) in [5.41, 5.74) is -6.57. The van der Waals surface area contributed by atoms with Gasteiger partial charge in [-0.05, 0) is 32.1 Å². The van der Waals surface area contributed by atoms with E-state index >= 15 is 0 Å². The molecule has 1 aliphatic rings. The van der Waals surface area contributed by atoms with Gasteiger partial charge >= 0.3 is 15.5 Å². The third-order valence-corrected chi connectivity index (χ3v) is 5.35. The van der Waals surface area contributed by atoms with Crippen LogP contribution in [0.5, 0.6) is 0 Å². The largest absolute Gasteiger partial charge is 0.511 e. The summed E-state index contributed by atoms with van der Waals surface area (Å²) in [5, 5.41) is 5.60. The molecule has 0 bridgehead atoms. The number of sulfonamides is 1. The van der Waals surface area contributed by atoms with Crippen molar-refractivity contribution in [2.45, 2.75) is 62.2 Å². The maximum Gasteiger partial charge on any atom is 0.511 e. The van der Waals surface area contributed by atoms with Crippen molar-refractivity contribution in [3.8, 4) is 0 Å². The Labute approximate surface area is 137 Å². The van der Waals surface area contributed by atoms with Crippen molar-refractivity contribution >= 4 is 10.0 Å². The van der Waals surface area contributed by atoms with Crippen molar-refractivity contribution in [1.29, 1.82) is 0 Å². The summed E-state index contributed by atoms with van der Waals surface area (Å²) >= 11 is 0. The van der Waals surface area contributed by atoms with Crippen LogP contribution in [0, 0.1) is 9.81 Å². The minimum Gasteiger partial charge on any atom is -0.375 e. The van der Waals surface area contributed by atoms with Gasteiger partial charge in [0, 0.05) is 6.04 Å². The van der Waals surface area contributed by atoms with Crippen molar-refractivity contribution < 1.29 is 26.3 Å². The zero-order valence-corrected chi connectivity index (χ0v) is 13.9. The van der Waals surface area contributed by atoms with E-state index in [1.54, 1.807) is 11.6 Å². The Bertz CT molecular complexity index is 535. The smallest absolute Gasteiger partial charge is 0.375 e. The predicted octanol–water partition coefficient (Wildman–Crippen LogP) is 2.44. The van der Waals surface area contributed by atoms with Crippen LogP contribution in [0.25, 0.3) is 0 Å². The molecule has 8 nitrogen and oxygen atoms in total. The number of halogens is 3. The van der Waals surface area contributed by atoms with Crippen LogP contribution >= 0.6 is 0 Å². The standard InChI is InChI=1S/C12H20F3N3O5S/c1-2-11(18-20,7-16-19)8-23-10-5-3-9(4-6-10)17-24(21,22)12(13,14)15/h9-10,17H,2-8H2,1H3. The zero-order valence-electron chi connectivity index (χ0n) is 13.1. The molecular formula is C12H20F3N3O5S. The Hall–Kier alpha value is -1.14. The Morgan fingerprint density at radius 2 is 1.75 bits per heavy atom. The number of nitrogens with zero attached hydrogens (tertiary/aromatic N) is 2. The first-order valence-electron chi connectivity index (χ1n) is 7.43. The van der Waals surface area contributed by atoms with Crippen LogP contribution in [-0.2, 0) is 14.8 Å².